The summed E-state index contributed by atoms with van der Waals surface area (Å²) in [6.45, 7) is 3.15. The lowest BCUT2D eigenvalue weighted by atomic mass is 10.1. The summed E-state index contributed by atoms with van der Waals surface area (Å²) in [5.74, 6) is 0.176. The molecule has 0 spiro atoms. The van der Waals surface area contributed by atoms with Crippen LogP contribution in [0.3, 0.4) is 0 Å². The first-order valence-corrected chi connectivity index (χ1v) is 9.13. The number of piperazine rings is 1. The maximum Gasteiger partial charge on any atom is 0.223 e. The van der Waals surface area contributed by atoms with Gasteiger partial charge in [-0.15, -0.1) is 11.3 Å². The van der Waals surface area contributed by atoms with Crippen LogP contribution < -0.4 is 4.90 Å². The minimum atomic E-state index is 0.176. The van der Waals surface area contributed by atoms with Crippen molar-refractivity contribution in [3.05, 3.63) is 45.4 Å². The second kappa shape index (κ2) is 7.51. The van der Waals surface area contributed by atoms with Gasteiger partial charge < -0.3 is 9.80 Å². The van der Waals surface area contributed by atoms with E-state index in [1.165, 1.54) is 0 Å². The summed E-state index contributed by atoms with van der Waals surface area (Å²) in [5, 5.41) is 4.25. The van der Waals surface area contributed by atoms with Crippen LogP contribution in [-0.4, -0.2) is 42.0 Å². The third-order valence-electron chi connectivity index (χ3n) is 3.95. The number of halogens is 2. The molecule has 1 aromatic heterocycles. The zero-order valence-corrected chi connectivity index (χ0v) is 14.9. The lowest BCUT2D eigenvalue weighted by Gasteiger charge is -2.34. The third-order valence-corrected chi connectivity index (χ3v) is 5.36. The van der Waals surface area contributed by atoms with Gasteiger partial charge in [-0.1, -0.05) is 29.3 Å². The first kappa shape index (κ1) is 16.6. The average Bonchev–Trinajstić information content (AvgIpc) is 3.08. The molecule has 0 unspecified atom stereocenters. The van der Waals surface area contributed by atoms with Crippen LogP contribution >= 0.6 is 34.5 Å². The fourth-order valence-corrected chi connectivity index (χ4v) is 3.84. The summed E-state index contributed by atoms with van der Waals surface area (Å²) in [6.07, 6.45) is 2.92. The minimum Gasteiger partial charge on any atom is -0.345 e. The maximum absolute atomic E-state index is 12.4. The molecule has 1 fully saturated rings. The number of carbonyl (C=O) groups is 1. The Kier molecular flexibility index (Phi) is 5.41. The van der Waals surface area contributed by atoms with Crippen molar-refractivity contribution in [2.45, 2.75) is 12.8 Å². The van der Waals surface area contributed by atoms with E-state index in [0.29, 0.717) is 22.9 Å². The minimum absolute atomic E-state index is 0.176. The topological polar surface area (TPSA) is 36.4 Å². The van der Waals surface area contributed by atoms with E-state index in [-0.39, 0.29) is 5.91 Å². The summed E-state index contributed by atoms with van der Waals surface area (Å²) in [7, 11) is 0. The van der Waals surface area contributed by atoms with Crippen molar-refractivity contribution in [3.63, 3.8) is 0 Å². The molecule has 2 heterocycles. The number of thiazole rings is 1. The van der Waals surface area contributed by atoms with Gasteiger partial charge in [-0.05, 0) is 24.1 Å². The Morgan fingerprint density at radius 3 is 2.65 bits per heavy atom. The van der Waals surface area contributed by atoms with Gasteiger partial charge in [-0.2, -0.15) is 0 Å². The number of nitrogens with zero attached hydrogens (tertiary/aromatic N) is 3. The molecule has 0 atom stereocenters. The van der Waals surface area contributed by atoms with Crippen LogP contribution in [0.4, 0.5) is 5.13 Å². The second-order valence-electron chi connectivity index (χ2n) is 5.42. The summed E-state index contributed by atoms with van der Waals surface area (Å²) >= 11 is 13.7. The quantitative estimate of drug-likeness (QED) is 0.823. The van der Waals surface area contributed by atoms with Gasteiger partial charge in [0.2, 0.25) is 5.91 Å². The number of aryl methyl sites for hydroxylation is 1. The molecule has 4 nitrogen and oxygen atoms in total. The van der Waals surface area contributed by atoms with Crippen molar-refractivity contribution in [1.29, 1.82) is 0 Å². The highest BCUT2D eigenvalue weighted by Gasteiger charge is 2.22. The molecule has 0 bridgehead atoms. The standard InChI is InChI=1S/C16H17Cl2N3OS/c17-13-3-1-12(14(18)11-13)2-4-15(22)20-6-8-21(9-7-20)16-19-5-10-23-16/h1,3,5,10-11H,2,4,6-9H2. The number of rotatable bonds is 4. The molecule has 1 saturated heterocycles. The Hall–Kier alpha value is -1.30. The predicted octanol–water partition coefficient (Wildman–Crippen LogP) is 3.73. The number of hydrogen-bond acceptors (Lipinski definition) is 4. The number of amides is 1. The van der Waals surface area contributed by atoms with Crippen LogP contribution in [0.15, 0.2) is 29.8 Å². The smallest absolute Gasteiger partial charge is 0.223 e. The van der Waals surface area contributed by atoms with Crippen molar-refractivity contribution >= 4 is 45.6 Å². The number of hydrogen-bond donors (Lipinski definition) is 0. The van der Waals surface area contributed by atoms with Crippen molar-refractivity contribution in [2.75, 3.05) is 31.1 Å². The van der Waals surface area contributed by atoms with Crippen LogP contribution in [0, 0.1) is 0 Å². The molecule has 122 valence electrons. The highest BCUT2D eigenvalue weighted by atomic mass is 35.5. The number of aromatic nitrogens is 1. The second-order valence-corrected chi connectivity index (χ2v) is 7.13. The SMILES string of the molecule is O=C(CCc1ccc(Cl)cc1Cl)N1CCN(c2nccs2)CC1. The molecule has 1 amide bonds. The molecule has 0 saturated carbocycles. The van der Waals surface area contributed by atoms with Gasteiger partial charge in [0, 0.05) is 54.2 Å². The van der Waals surface area contributed by atoms with Gasteiger partial charge >= 0.3 is 0 Å². The predicted molar refractivity (Wildman–Crippen MR) is 95.7 cm³/mol. The molecule has 0 radical (unpaired) electrons. The first-order valence-electron chi connectivity index (χ1n) is 7.49. The number of anilines is 1. The molecule has 7 heteroatoms. The first-order chi connectivity index (χ1) is 11.1. The fourth-order valence-electron chi connectivity index (χ4n) is 2.64. The molecule has 0 N–H and O–H groups in total. The average molecular weight is 370 g/mol. The van der Waals surface area contributed by atoms with Crippen LogP contribution in [0.25, 0.3) is 0 Å². The van der Waals surface area contributed by atoms with E-state index >= 15 is 0 Å². The maximum atomic E-state index is 12.4. The molecule has 1 aromatic carbocycles. The molecule has 2 aromatic rings. The summed E-state index contributed by atoms with van der Waals surface area (Å²) in [6, 6.07) is 5.41. The van der Waals surface area contributed by atoms with E-state index in [4.69, 9.17) is 23.2 Å². The highest BCUT2D eigenvalue weighted by molar-refractivity contribution is 7.13. The third kappa shape index (κ3) is 4.16. The van der Waals surface area contributed by atoms with Crippen molar-refractivity contribution < 1.29 is 4.79 Å². The number of carbonyl (C=O) groups excluding carboxylic acids is 1. The van der Waals surface area contributed by atoms with Gasteiger partial charge in [0.1, 0.15) is 0 Å². The monoisotopic (exact) mass is 369 g/mol. The van der Waals surface area contributed by atoms with Gasteiger partial charge in [0.25, 0.3) is 0 Å². The Labute approximate surface area is 149 Å². The molecule has 3 rings (SSSR count). The van der Waals surface area contributed by atoms with Crippen LogP contribution in [0.5, 0.6) is 0 Å². The van der Waals surface area contributed by atoms with Crippen molar-refractivity contribution in [3.8, 4) is 0 Å². The summed E-state index contributed by atoms with van der Waals surface area (Å²) in [5.41, 5.74) is 0.964. The van der Waals surface area contributed by atoms with Crippen molar-refractivity contribution in [2.24, 2.45) is 0 Å². The molecule has 1 aliphatic rings. The fraction of sp³-hybridized carbons (Fsp3) is 0.375. The largest absolute Gasteiger partial charge is 0.345 e. The van der Waals surface area contributed by atoms with E-state index in [9.17, 15) is 4.79 Å². The lowest BCUT2D eigenvalue weighted by Crippen LogP contribution is -2.48. The highest BCUT2D eigenvalue weighted by Crippen LogP contribution is 2.23. The Morgan fingerprint density at radius 2 is 2.00 bits per heavy atom. The molecule has 1 aliphatic heterocycles. The lowest BCUT2D eigenvalue weighted by molar-refractivity contribution is -0.131. The van der Waals surface area contributed by atoms with E-state index in [0.717, 1.165) is 36.9 Å². The van der Waals surface area contributed by atoms with Gasteiger partial charge in [0.05, 0.1) is 0 Å². The van der Waals surface area contributed by atoms with Gasteiger partial charge in [-0.3, -0.25) is 4.79 Å². The molecule has 0 aliphatic carbocycles. The van der Waals surface area contributed by atoms with E-state index < -0.39 is 0 Å². The summed E-state index contributed by atoms with van der Waals surface area (Å²) in [4.78, 5) is 20.8. The zero-order chi connectivity index (χ0) is 16.2. The van der Waals surface area contributed by atoms with E-state index in [1.54, 1.807) is 23.5 Å². The van der Waals surface area contributed by atoms with Crippen molar-refractivity contribution in [1.82, 2.24) is 9.88 Å². The molecular weight excluding hydrogens is 353 g/mol. The Balaban J connectivity index is 1.50. The summed E-state index contributed by atoms with van der Waals surface area (Å²) < 4.78 is 0. The van der Waals surface area contributed by atoms with Gasteiger partial charge in [-0.25, -0.2) is 4.98 Å². The van der Waals surface area contributed by atoms with E-state index in [1.807, 2.05) is 22.5 Å². The van der Waals surface area contributed by atoms with Gasteiger partial charge in [0.15, 0.2) is 5.13 Å². The van der Waals surface area contributed by atoms with Crippen LogP contribution in [0.1, 0.15) is 12.0 Å². The molecule has 23 heavy (non-hydrogen) atoms. The van der Waals surface area contributed by atoms with Crippen LogP contribution in [-0.2, 0) is 11.2 Å². The number of benzene rings is 1. The Morgan fingerprint density at radius 1 is 1.22 bits per heavy atom. The zero-order valence-electron chi connectivity index (χ0n) is 12.5. The Bertz CT molecular complexity index is 670. The van der Waals surface area contributed by atoms with E-state index in [2.05, 4.69) is 9.88 Å². The molecular formula is C16H17Cl2N3OS. The normalized spacial score (nSPS) is 15.0. The van der Waals surface area contributed by atoms with Crippen LogP contribution in [0.2, 0.25) is 10.0 Å².